The van der Waals surface area contributed by atoms with Crippen molar-refractivity contribution in [2.75, 3.05) is 0 Å². The van der Waals surface area contributed by atoms with Crippen molar-refractivity contribution in [3.8, 4) is 5.75 Å². The molecule has 3 rings (SSSR count). The molecule has 1 aliphatic rings. The van der Waals surface area contributed by atoms with Gasteiger partial charge in [-0.25, -0.2) is 0 Å². The number of aromatic nitrogens is 1. The van der Waals surface area contributed by atoms with Crippen LogP contribution in [0.15, 0.2) is 53.3 Å². The fourth-order valence-corrected chi connectivity index (χ4v) is 3.13. The summed E-state index contributed by atoms with van der Waals surface area (Å²) >= 11 is 0. The van der Waals surface area contributed by atoms with Gasteiger partial charge >= 0.3 is 0 Å². The molecular weight excluding hydrogens is 302 g/mol. The number of hydrogen-bond acceptors (Lipinski definition) is 3. The van der Waals surface area contributed by atoms with Gasteiger partial charge in [0.05, 0.1) is 0 Å². The molecule has 1 aromatic heterocycles. The molecule has 0 saturated heterocycles. The number of Topliss-reactive ketones (excluding diaryl/α,β-unsaturated/α-hetero) is 1. The number of allylic oxidation sites excluding steroid dienone is 5. The number of hydrogen-bond donors (Lipinski definition) is 2. The standard InChI is InChI=1S/C20H19NO3/c1-11(6-12(2)22)17-8-14(20(24)13(17)3)7-15-10-21-19-5-4-16(23)9-18(15)19/h4-10,13,21,23H,1-3H3/b11-6+,14-7+. The van der Waals surface area contributed by atoms with Crippen molar-refractivity contribution < 1.29 is 14.7 Å². The lowest BCUT2D eigenvalue weighted by Gasteiger charge is -2.07. The lowest BCUT2D eigenvalue weighted by atomic mass is 9.96. The van der Waals surface area contributed by atoms with E-state index in [2.05, 4.69) is 4.98 Å². The molecule has 2 aromatic rings. The second kappa shape index (κ2) is 5.96. The highest BCUT2D eigenvalue weighted by atomic mass is 16.3. The number of aromatic amines is 1. The Balaban J connectivity index is 2.06. The van der Waals surface area contributed by atoms with Crippen LogP contribution in [0.4, 0.5) is 0 Å². The van der Waals surface area contributed by atoms with E-state index in [0.29, 0.717) is 5.57 Å². The van der Waals surface area contributed by atoms with Gasteiger partial charge < -0.3 is 10.1 Å². The van der Waals surface area contributed by atoms with Crippen LogP contribution in [0.1, 0.15) is 26.3 Å². The van der Waals surface area contributed by atoms with E-state index in [1.165, 1.54) is 6.92 Å². The molecule has 0 fully saturated rings. The van der Waals surface area contributed by atoms with Crippen LogP contribution >= 0.6 is 0 Å². The number of H-pyrrole nitrogens is 1. The minimum Gasteiger partial charge on any atom is -0.508 e. The van der Waals surface area contributed by atoms with Gasteiger partial charge in [-0.15, -0.1) is 0 Å². The summed E-state index contributed by atoms with van der Waals surface area (Å²) in [6, 6.07) is 5.09. The van der Waals surface area contributed by atoms with Crippen molar-refractivity contribution in [2.24, 2.45) is 5.92 Å². The predicted octanol–water partition coefficient (Wildman–Crippen LogP) is 3.94. The number of benzene rings is 1. The Kier molecular flexibility index (Phi) is 3.97. The number of nitrogens with one attached hydrogen (secondary N) is 1. The normalized spacial score (nSPS) is 20.0. The van der Waals surface area contributed by atoms with Crippen LogP contribution in [0.2, 0.25) is 0 Å². The molecule has 0 bridgehead atoms. The van der Waals surface area contributed by atoms with Gasteiger partial charge in [-0.2, -0.15) is 0 Å². The van der Waals surface area contributed by atoms with Gasteiger partial charge in [0.2, 0.25) is 0 Å². The first-order valence-electron chi connectivity index (χ1n) is 7.83. The highest BCUT2D eigenvalue weighted by Crippen LogP contribution is 2.33. The first kappa shape index (κ1) is 16.0. The summed E-state index contributed by atoms with van der Waals surface area (Å²) in [5.41, 5.74) is 4.06. The van der Waals surface area contributed by atoms with Crippen LogP contribution in [0.5, 0.6) is 5.75 Å². The van der Waals surface area contributed by atoms with Crippen molar-refractivity contribution in [3.63, 3.8) is 0 Å². The van der Waals surface area contributed by atoms with Crippen molar-refractivity contribution in [3.05, 3.63) is 58.8 Å². The zero-order valence-corrected chi connectivity index (χ0v) is 13.9. The van der Waals surface area contributed by atoms with Gasteiger partial charge in [0.25, 0.3) is 0 Å². The molecule has 4 heteroatoms. The maximum absolute atomic E-state index is 12.5. The summed E-state index contributed by atoms with van der Waals surface area (Å²) in [6.45, 7) is 5.21. The van der Waals surface area contributed by atoms with E-state index < -0.39 is 0 Å². The van der Waals surface area contributed by atoms with Crippen LogP contribution in [0, 0.1) is 5.92 Å². The molecular formula is C20H19NO3. The van der Waals surface area contributed by atoms with Crippen LogP contribution in [-0.2, 0) is 9.59 Å². The molecule has 1 aromatic carbocycles. The highest BCUT2D eigenvalue weighted by molar-refractivity contribution is 6.10. The lowest BCUT2D eigenvalue weighted by molar-refractivity contribution is -0.117. The number of phenols is 1. The maximum Gasteiger partial charge on any atom is 0.170 e. The molecule has 4 nitrogen and oxygen atoms in total. The Bertz CT molecular complexity index is 941. The smallest absolute Gasteiger partial charge is 0.170 e. The van der Waals surface area contributed by atoms with Crippen LogP contribution in [0.3, 0.4) is 0 Å². The summed E-state index contributed by atoms with van der Waals surface area (Å²) in [5, 5.41) is 10.5. The molecule has 1 unspecified atom stereocenters. The van der Waals surface area contributed by atoms with Crippen molar-refractivity contribution in [2.45, 2.75) is 20.8 Å². The Morgan fingerprint density at radius 2 is 2.04 bits per heavy atom. The Morgan fingerprint density at radius 1 is 1.29 bits per heavy atom. The third-order valence-electron chi connectivity index (χ3n) is 4.34. The van der Waals surface area contributed by atoms with Gasteiger partial charge in [-0.3, -0.25) is 9.59 Å². The number of carbonyl (C=O) groups is 2. The second-order valence-corrected chi connectivity index (χ2v) is 6.20. The molecule has 0 radical (unpaired) electrons. The van der Waals surface area contributed by atoms with Crippen molar-refractivity contribution in [1.29, 1.82) is 0 Å². The summed E-state index contributed by atoms with van der Waals surface area (Å²) in [6.07, 6.45) is 7.05. The van der Waals surface area contributed by atoms with Crippen LogP contribution in [0.25, 0.3) is 17.0 Å². The number of rotatable bonds is 3. The number of aromatic hydroxyl groups is 1. The van der Waals surface area contributed by atoms with Crippen LogP contribution < -0.4 is 0 Å². The zero-order chi connectivity index (χ0) is 17.4. The van der Waals surface area contributed by atoms with Crippen molar-refractivity contribution in [1.82, 2.24) is 4.98 Å². The third kappa shape index (κ3) is 2.83. The van der Waals surface area contributed by atoms with Crippen molar-refractivity contribution >= 4 is 28.5 Å². The summed E-state index contributed by atoms with van der Waals surface area (Å²) < 4.78 is 0. The summed E-state index contributed by atoms with van der Waals surface area (Å²) in [7, 11) is 0. The number of ketones is 2. The fourth-order valence-electron chi connectivity index (χ4n) is 3.13. The molecule has 0 spiro atoms. The largest absolute Gasteiger partial charge is 0.508 e. The first-order chi connectivity index (χ1) is 11.4. The van der Waals surface area contributed by atoms with Gasteiger partial charge in [0.1, 0.15) is 5.75 Å². The van der Waals surface area contributed by atoms with E-state index >= 15 is 0 Å². The molecule has 0 aliphatic heterocycles. The quantitative estimate of drug-likeness (QED) is 0.841. The zero-order valence-electron chi connectivity index (χ0n) is 13.9. The maximum atomic E-state index is 12.5. The number of fused-ring (bicyclic) bond motifs is 1. The Morgan fingerprint density at radius 3 is 2.75 bits per heavy atom. The molecule has 0 amide bonds. The average Bonchev–Trinajstić information content (AvgIpc) is 3.03. The summed E-state index contributed by atoms with van der Waals surface area (Å²) in [5.74, 6) is -0.0665. The van der Waals surface area contributed by atoms with E-state index in [-0.39, 0.29) is 23.2 Å². The Labute approximate surface area is 140 Å². The average molecular weight is 321 g/mol. The van der Waals surface area contributed by atoms with Gasteiger partial charge in [0, 0.05) is 34.2 Å². The van der Waals surface area contributed by atoms with E-state index in [0.717, 1.165) is 27.6 Å². The fraction of sp³-hybridized carbons (Fsp3) is 0.200. The topological polar surface area (TPSA) is 70.2 Å². The molecule has 24 heavy (non-hydrogen) atoms. The molecule has 1 aliphatic carbocycles. The minimum absolute atomic E-state index is 0.0300. The molecule has 2 N–H and O–H groups in total. The van der Waals surface area contributed by atoms with E-state index in [1.807, 2.05) is 32.2 Å². The summed E-state index contributed by atoms with van der Waals surface area (Å²) in [4.78, 5) is 27.0. The molecule has 1 heterocycles. The van der Waals surface area contributed by atoms with E-state index in [1.54, 1.807) is 24.3 Å². The number of carbonyl (C=O) groups excluding carboxylic acids is 2. The number of phenolic OH excluding ortho intramolecular Hbond substituents is 1. The van der Waals surface area contributed by atoms with Gasteiger partial charge in [0.15, 0.2) is 11.6 Å². The van der Waals surface area contributed by atoms with E-state index in [9.17, 15) is 14.7 Å². The highest BCUT2D eigenvalue weighted by Gasteiger charge is 2.28. The molecule has 122 valence electrons. The minimum atomic E-state index is -0.259. The monoisotopic (exact) mass is 321 g/mol. The van der Waals surface area contributed by atoms with Gasteiger partial charge in [-0.1, -0.05) is 6.92 Å². The third-order valence-corrected chi connectivity index (χ3v) is 4.34. The second-order valence-electron chi connectivity index (χ2n) is 6.20. The first-order valence-corrected chi connectivity index (χ1v) is 7.83. The van der Waals surface area contributed by atoms with E-state index in [4.69, 9.17) is 0 Å². The predicted molar refractivity (Wildman–Crippen MR) is 94.6 cm³/mol. The molecule has 1 atom stereocenters. The van der Waals surface area contributed by atoms with Crippen LogP contribution in [-0.4, -0.2) is 21.7 Å². The Hall–Kier alpha value is -2.88. The van der Waals surface area contributed by atoms with Gasteiger partial charge in [-0.05, 0) is 61.4 Å². The SMILES string of the molecule is CC(=O)/C=C(\C)C1=C/C(=C\c2c[nH]c3ccc(O)cc23)C(=O)C1C. The lowest BCUT2D eigenvalue weighted by Crippen LogP contribution is -2.08. The molecule has 0 saturated carbocycles.